The number of aliphatic hydroxyl groups is 1. The average Bonchev–Trinajstić information content (AvgIpc) is 3.56. The Kier molecular flexibility index (Phi) is 10.7. The number of hydrogen-bond donors (Lipinski definition) is 2. The van der Waals surface area contributed by atoms with Crippen LogP contribution < -0.4 is 5.32 Å². The van der Waals surface area contributed by atoms with Gasteiger partial charge in [-0.1, -0.05) is 109 Å². The van der Waals surface area contributed by atoms with Gasteiger partial charge >= 0.3 is 5.97 Å². The van der Waals surface area contributed by atoms with Gasteiger partial charge in [0.25, 0.3) is 11.1 Å². The zero-order valence-electron chi connectivity index (χ0n) is 26.6. The van der Waals surface area contributed by atoms with Gasteiger partial charge < -0.3 is 29.1 Å². The molecule has 6 rings (SSSR count). The minimum atomic E-state index is -0.943. The van der Waals surface area contributed by atoms with E-state index in [2.05, 4.69) is 5.32 Å². The maximum absolute atomic E-state index is 12.6. The summed E-state index contributed by atoms with van der Waals surface area (Å²) in [6.45, 7) is 2.73. The average molecular weight is 665 g/mol. The van der Waals surface area contributed by atoms with Crippen LogP contribution in [0.25, 0.3) is 22.6 Å². The summed E-state index contributed by atoms with van der Waals surface area (Å²) in [5, 5.41) is 12.9. The molecule has 2 heterocycles. The number of carbonyl (C=O) groups is 2. The molecule has 1 saturated heterocycles. The lowest BCUT2D eigenvalue weighted by molar-refractivity contribution is -0.245. The Hall–Kier alpha value is -4.74. The van der Waals surface area contributed by atoms with Crippen molar-refractivity contribution in [3.63, 3.8) is 0 Å². The summed E-state index contributed by atoms with van der Waals surface area (Å²) in [5.41, 5.74) is 5.70. The van der Waals surface area contributed by atoms with Crippen molar-refractivity contribution in [1.29, 1.82) is 0 Å². The summed E-state index contributed by atoms with van der Waals surface area (Å²) in [6.07, 6.45) is -1.64. The number of ether oxygens (including phenoxy) is 3. The van der Waals surface area contributed by atoms with Crippen molar-refractivity contribution in [1.82, 2.24) is 4.98 Å². The van der Waals surface area contributed by atoms with Gasteiger partial charge in [0.15, 0.2) is 18.2 Å². The topological polar surface area (TPSA) is 120 Å². The fraction of sp³-hybridized carbons (Fsp3) is 0.237. The van der Waals surface area contributed by atoms with E-state index < -0.39 is 24.3 Å². The first-order chi connectivity index (χ1) is 23.4. The fourth-order valence-electron chi connectivity index (χ4n) is 5.44. The molecule has 1 aromatic heterocycles. The largest absolute Gasteiger partial charge is 0.453 e. The van der Waals surface area contributed by atoms with Crippen molar-refractivity contribution in [3.8, 4) is 22.6 Å². The van der Waals surface area contributed by atoms with Crippen LogP contribution in [0.4, 0.5) is 5.69 Å². The molecule has 9 nitrogen and oxygen atoms in total. The molecule has 1 fully saturated rings. The Morgan fingerprint density at radius 2 is 1.62 bits per heavy atom. The number of oxazole rings is 1. The molecule has 48 heavy (non-hydrogen) atoms. The molecule has 4 atom stereocenters. The summed E-state index contributed by atoms with van der Waals surface area (Å²) in [6, 6.07) is 34.8. The Balaban J connectivity index is 1.23. The highest BCUT2D eigenvalue weighted by atomic mass is 32.2. The van der Waals surface area contributed by atoms with E-state index in [0.29, 0.717) is 34.4 Å². The molecule has 5 aromatic rings. The normalized spacial score (nSPS) is 18.2. The lowest BCUT2D eigenvalue weighted by Gasteiger charge is -2.36. The van der Waals surface area contributed by atoms with Crippen molar-refractivity contribution in [3.05, 3.63) is 126 Å². The number of nitrogens with one attached hydrogen (secondary N) is 1. The van der Waals surface area contributed by atoms with Crippen molar-refractivity contribution in [2.75, 3.05) is 11.1 Å². The number of rotatable bonds is 11. The molecular weight excluding hydrogens is 628 g/mol. The van der Waals surface area contributed by atoms with E-state index in [9.17, 15) is 14.7 Å². The first-order valence-corrected chi connectivity index (χ1v) is 16.7. The second kappa shape index (κ2) is 15.4. The number of anilines is 1. The number of nitrogens with zero attached hydrogens (tertiary/aromatic N) is 1. The molecule has 2 N–H and O–H groups in total. The third-order valence-electron chi connectivity index (χ3n) is 7.84. The number of aliphatic hydroxyl groups excluding tert-OH is 1. The quantitative estimate of drug-likeness (QED) is 0.108. The van der Waals surface area contributed by atoms with Crippen LogP contribution in [0.15, 0.2) is 119 Å². The van der Waals surface area contributed by atoms with E-state index in [1.54, 1.807) is 18.2 Å². The molecule has 10 heteroatoms. The SMILES string of the molecule is CC(=O)O[C@@H](C)C(=O)Nc1cccc([C@@H]2O[C@H](CSc3nc(-c4ccccc4)c(-c4ccccc4)o3)C[C@H](c3ccc(CO)cc3)O2)c1. The van der Waals surface area contributed by atoms with Gasteiger partial charge in [-0.05, 0) is 30.2 Å². The van der Waals surface area contributed by atoms with Gasteiger partial charge in [-0.15, -0.1) is 0 Å². The van der Waals surface area contributed by atoms with Crippen LogP contribution in [0.3, 0.4) is 0 Å². The number of esters is 1. The molecule has 246 valence electrons. The first kappa shape index (κ1) is 33.2. The predicted octanol–water partition coefficient (Wildman–Crippen LogP) is 7.73. The van der Waals surface area contributed by atoms with Crippen LogP contribution in [0.5, 0.6) is 0 Å². The molecule has 1 aliphatic heterocycles. The lowest BCUT2D eigenvalue weighted by atomic mass is 10.0. The summed E-state index contributed by atoms with van der Waals surface area (Å²) >= 11 is 1.48. The molecule has 1 aliphatic rings. The highest BCUT2D eigenvalue weighted by molar-refractivity contribution is 7.99. The first-order valence-electron chi connectivity index (χ1n) is 15.7. The molecular formula is C38H36N2O7S. The summed E-state index contributed by atoms with van der Waals surface area (Å²) in [5.74, 6) is 0.276. The zero-order valence-corrected chi connectivity index (χ0v) is 27.4. The highest BCUT2D eigenvalue weighted by Gasteiger charge is 2.33. The maximum Gasteiger partial charge on any atom is 0.303 e. The van der Waals surface area contributed by atoms with Crippen LogP contribution >= 0.6 is 11.8 Å². The van der Waals surface area contributed by atoms with Crippen LogP contribution in [0, 0.1) is 0 Å². The third kappa shape index (κ3) is 8.21. The molecule has 4 aromatic carbocycles. The Bertz CT molecular complexity index is 1770. The standard InChI is InChI=1S/C38H36N2O7S/c1-24(44-25(2)42)36(43)39-31-15-9-14-30(20-31)37-45-32(21-33(46-37)27-18-16-26(22-41)17-19-27)23-48-38-40-34(28-10-5-3-6-11-28)35(47-38)29-12-7-4-8-13-29/h3-20,24,32-33,37,41H,21-23H2,1-2H3,(H,39,43)/t24-,32-,33+,37+/m0/s1. The van der Waals surface area contributed by atoms with E-state index in [1.165, 1.54) is 25.6 Å². The van der Waals surface area contributed by atoms with Crippen LogP contribution in [0.2, 0.25) is 0 Å². The van der Waals surface area contributed by atoms with Gasteiger partial charge in [0.1, 0.15) is 5.69 Å². The van der Waals surface area contributed by atoms with Crippen molar-refractivity contribution >= 4 is 29.3 Å². The molecule has 0 unspecified atom stereocenters. The molecule has 0 bridgehead atoms. The summed E-state index contributed by atoms with van der Waals surface area (Å²) in [7, 11) is 0. The minimum absolute atomic E-state index is 0.0442. The molecule has 0 aliphatic carbocycles. The zero-order chi connectivity index (χ0) is 33.5. The van der Waals surface area contributed by atoms with E-state index in [1.807, 2.05) is 91.0 Å². The van der Waals surface area contributed by atoms with Crippen molar-refractivity contribution < 1.29 is 33.3 Å². The number of amides is 1. The lowest BCUT2D eigenvalue weighted by Crippen LogP contribution is -2.31. The van der Waals surface area contributed by atoms with E-state index >= 15 is 0 Å². The minimum Gasteiger partial charge on any atom is -0.453 e. The number of hydrogen-bond acceptors (Lipinski definition) is 9. The molecule has 1 amide bonds. The molecule has 0 radical (unpaired) electrons. The van der Waals surface area contributed by atoms with E-state index in [0.717, 1.165) is 27.9 Å². The molecule has 0 spiro atoms. The number of benzene rings is 4. The fourth-order valence-corrected chi connectivity index (χ4v) is 6.28. The van der Waals surface area contributed by atoms with Crippen LogP contribution in [-0.4, -0.2) is 39.9 Å². The monoisotopic (exact) mass is 664 g/mol. The number of carbonyl (C=O) groups excluding carboxylic acids is 2. The van der Waals surface area contributed by atoms with Gasteiger partial charge in [0.05, 0.1) is 18.8 Å². The van der Waals surface area contributed by atoms with Gasteiger partial charge in [0.2, 0.25) is 0 Å². The Morgan fingerprint density at radius 3 is 2.31 bits per heavy atom. The smallest absolute Gasteiger partial charge is 0.303 e. The summed E-state index contributed by atoms with van der Waals surface area (Å²) < 4.78 is 24.4. The maximum atomic E-state index is 12.6. The predicted molar refractivity (Wildman–Crippen MR) is 183 cm³/mol. The number of aromatic nitrogens is 1. The van der Waals surface area contributed by atoms with Crippen LogP contribution in [-0.2, 0) is 30.4 Å². The van der Waals surface area contributed by atoms with Gasteiger partial charge in [-0.3, -0.25) is 9.59 Å². The van der Waals surface area contributed by atoms with Gasteiger partial charge in [0, 0.05) is 41.5 Å². The van der Waals surface area contributed by atoms with E-state index in [4.69, 9.17) is 23.6 Å². The van der Waals surface area contributed by atoms with E-state index in [-0.39, 0.29) is 18.8 Å². The third-order valence-corrected chi connectivity index (χ3v) is 8.80. The number of thioether (sulfide) groups is 1. The Morgan fingerprint density at radius 1 is 0.917 bits per heavy atom. The molecule has 0 saturated carbocycles. The van der Waals surface area contributed by atoms with Crippen LogP contribution in [0.1, 0.15) is 49.4 Å². The van der Waals surface area contributed by atoms with Gasteiger partial charge in [-0.2, -0.15) is 0 Å². The van der Waals surface area contributed by atoms with Crippen molar-refractivity contribution in [2.24, 2.45) is 0 Å². The summed E-state index contributed by atoms with van der Waals surface area (Å²) in [4.78, 5) is 28.8. The van der Waals surface area contributed by atoms with Crippen molar-refractivity contribution in [2.45, 2.75) is 56.7 Å². The second-order valence-electron chi connectivity index (χ2n) is 11.4. The highest BCUT2D eigenvalue weighted by Crippen LogP contribution is 2.41. The second-order valence-corrected chi connectivity index (χ2v) is 12.4. The van der Waals surface area contributed by atoms with Gasteiger partial charge in [-0.25, -0.2) is 4.98 Å². The Labute approximate surface area is 283 Å².